The van der Waals surface area contributed by atoms with Gasteiger partial charge in [0.1, 0.15) is 17.2 Å². The second-order valence-electron chi connectivity index (χ2n) is 6.31. The highest BCUT2D eigenvalue weighted by Gasteiger charge is 2.23. The van der Waals surface area contributed by atoms with Crippen LogP contribution >= 0.6 is 0 Å². The molecule has 4 nitrogen and oxygen atoms in total. The molecular weight excluding hydrogens is 291 g/mol. The summed E-state index contributed by atoms with van der Waals surface area (Å²) in [4.78, 5) is 11.6. The predicted molar refractivity (Wildman–Crippen MR) is 88.1 cm³/mol. The van der Waals surface area contributed by atoms with Crippen LogP contribution in [-0.2, 0) is 6.42 Å². The Balaban J connectivity index is 1.81. The van der Waals surface area contributed by atoms with Gasteiger partial charge >= 0.3 is 0 Å². The largest absolute Gasteiger partial charge is 0.306 e. The molecular formula is C18H19FN4. The summed E-state index contributed by atoms with van der Waals surface area (Å²) in [5.74, 6) is 1.31. The fourth-order valence-corrected chi connectivity index (χ4v) is 3.43. The third-order valence-corrected chi connectivity index (χ3v) is 4.51. The molecule has 3 aromatic rings. The Kier molecular flexibility index (Phi) is 3.58. The summed E-state index contributed by atoms with van der Waals surface area (Å²) in [6.07, 6.45) is 3.82. The lowest BCUT2D eigenvalue weighted by Crippen LogP contribution is -2.16. The van der Waals surface area contributed by atoms with E-state index in [1.807, 2.05) is 22.8 Å². The molecule has 0 spiro atoms. The minimum Gasteiger partial charge on any atom is -0.306 e. The van der Waals surface area contributed by atoms with Crippen LogP contribution in [0.15, 0.2) is 42.6 Å². The molecule has 0 amide bonds. The molecule has 1 unspecified atom stereocenters. The van der Waals surface area contributed by atoms with Crippen molar-refractivity contribution in [1.29, 1.82) is 0 Å². The van der Waals surface area contributed by atoms with Crippen molar-refractivity contribution in [3.05, 3.63) is 54.2 Å². The zero-order valence-corrected chi connectivity index (χ0v) is 13.1. The van der Waals surface area contributed by atoms with Crippen molar-refractivity contribution in [3.8, 4) is 5.69 Å². The van der Waals surface area contributed by atoms with Crippen LogP contribution in [0.1, 0.15) is 12.2 Å². The van der Waals surface area contributed by atoms with E-state index in [9.17, 15) is 4.39 Å². The monoisotopic (exact) mass is 310 g/mol. The summed E-state index contributed by atoms with van der Waals surface area (Å²) < 4.78 is 15.7. The number of likely N-dealkylation sites (tertiary alicyclic amines) is 1. The number of pyridine rings is 1. The normalized spacial score (nSPS) is 18.8. The van der Waals surface area contributed by atoms with Gasteiger partial charge in [-0.15, -0.1) is 0 Å². The molecule has 0 radical (unpaired) electrons. The van der Waals surface area contributed by atoms with Crippen LogP contribution in [0.5, 0.6) is 0 Å². The Morgan fingerprint density at radius 2 is 2.17 bits per heavy atom. The Bertz CT molecular complexity index is 842. The first-order chi connectivity index (χ1) is 11.2. The van der Waals surface area contributed by atoms with Crippen molar-refractivity contribution >= 4 is 11.2 Å². The molecule has 0 saturated carbocycles. The first-order valence-corrected chi connectivity index (χ1v) is 7.97. The van der Waals surface area contributed by atoms with Crippen molar-refractivity contribution in [1.82, 2.24) is 19.4 Å². The molecule has 0 aliphatic carbocycles. The zero-order valence-electron chi connectivity index (χ0n) is 13.1. The molecule has 3 heterocycles. The summed E-state index contributed by atoms with van der Waals surface area (Å²) in [6, 6.07) is 10.5. The molecule has 1 aliphatic heterocycles. The first-order valence-electron chi connectivity index (χ1n) is 7.97. The van der Waals surface area contributed by atoms with Crippen LogP contribution in [0.3, 0.4) is 0 Å². The van der Waals surface area contributed by atoms with Gasteiger partial charge in [-0.1, -0.05) is 6.07 Å². The third-order valence-electron chi connectivity index (χ3n) is 4.51. The SMILES string of the molecule is CN1CCC(Cc2nc3cccnc3n2-c2cccc(F)c2)C1. The van der Waals surface area contributed by atoms with E-state index in [1.165, 1.54) is 12.5 Å². The predicted octanol–water partition coefficient (Wildman–Crippen LogP) is 3.05. The molecule has 1 saturated heterocycles. The quantitative estimate of drug-likeness (QED) is 0.745. The van der Waals surface area contributed by atoms with E-state index < -0.39 is 0 Å². The minimum atomic E-state index is -0.244. The molecule has 1 aromatic carbocycles. The van der Waals surface area contributed by atoms with E-state index in [0.717, 1.165) is 42.2 Å². The Morgan fingerprint density at radius 3 is 2.96 bits per heavy atom. The fraction of sp³-hybridized carbons (Fsp3) is 0.333. The molecule has 5 heteroatoms. The van der Waals surface area contributed by atoms with Crippen LogP contribution in [-0.4, -0.2) is 39.6 Å². The first kappa shape index (κ1) is 14.3. The average molecular weight is 310 g/mol. The summed E-state index contributed by atoms with van der Waals surface area (Å²) in [5.41, 5.74) is 2.44. The molecule has 1 aliphatic rings. The number of benzene rings is 1. The zero-order chi connectivity index (χ0) is 15.8. The maximum absolute atomic E-state index is 13.7. The van der Waals surface area contributed by atoms with Gasteiger partial charge < -0.3 is 4.90 Å². The van der Waals surface area contributed by atoms with E-state index in [1.54, 1.807) is 18.3 Å². The van der Waals surface area contributed by atoms with Gasteiger partial charge in [-0.05, 0) is 56.3 Å². The summed E-state index contributed by atoms with van der Waals surface area (Å²) in [5, 5.41) is 0. The number of aromatic nitrogens is 3. The van der Waals surface area contributed by atoms with Gasteiger partial charge in [0, 0.05) is 19.2 Å². The second kappa shape index (κ2) is 5.74. The second-order valence-corrected chi connectivity index (χ2v) is 6.31. The third kappa shape index (κ3) is 2.72. The summed E-state index contributed by atoms with van der Waals surface area (Å²) >= 11 is 0. The van der Waals surface area contributed by atoms with Crippen LogP contribution < -0.4 is 0 Å². The molecule has 4 rings (SSSR count). The van der Waals surface area contributed by atoms with Gasteiger partial charge in [0.05, 0.1) is 5.69 Å². The van der Waals surface area contributed by atoms with Gasteiger partial charge in [0.2, 0.25) is 0 Å². The lowest BCUT2D eigenvalue weighted by atomic mass is 10.0. The van der Waals surface area contributed by atoms with Crippen molar-refractivity contribution in [2.24, 2.45) is 5.92 Å². The van der Waals surface area contributed by atoms with Gasteiger partial charge in [0.25, 0.3) is 0 Å². The van der Waals surface area contributed by atoms with E-state index in [4.69, 9.17) is 4.98 Å². The Labute approximate surface area is 134 Å². The summed E-state index contributed by atoms with van der Waals surface area (Å²) in [7, 11) is 2.15. The van der Waals surface area contributed by atoms with E-state index >= 15 is 0 Å². The number of imidazole rings is 1. The van der Waals surface area contributed by atoms with E-state index in [0.29, 0.717) is 5.92 Å². The van der Waals surface area contributed by atoms with Crippen LogP contribution in [0.2, 0.25) is 0 Å². The topological polar surface area (TPSA) is 34.0 Å². The van der Waals surface area contributed by atoms with Gasteiger partial charge in [0.15, 0.2) is 5.65 Å². The van der Waals surface area contributed by atoms with Crippen molar-refractivity contribution < 1.29 is 4.39 Å². The smallest absolute Gasteiger partial charge is 0.164 e. The molecule has 1 atom stereocenters. The average Bonchev–Trinajstić information content (AvgIpc) is 3.10. The molecule has 118 valence electrons. The lowest BCUT2D eigenvalue weighted by molar-refractivity contribution is 0.392. The fourth-order valence-electron chi connectivity index (χ4n) is 3.43. The standard InChI is InChI=1S/C18H19FN4/c1-22-9-7-13(12-22)10-17-21-16-6-3-8-20-18(16)23(17)15-5-2-4-14(19)11-15/h2-6,8,11,13H,7,9-10,12H2,1H3. The number of hydrogen-bond donors (Lipinski definition) is 0. The van der Waals surface area contributed by atoms with Crippen molar-refractivity contribution in [2.45, 2.75) is 12.8 Å². The van der Waals surface area contributed by atoms with E-state index in [-0.39, 0.29) is 5.82 Å². The Hall–Kier alpha value is -2.27. The number of nitrogens with zero attached hydrogens (tertiary/aromatic N) is 4. The number of hydrogen-bond acceptors (Lipinski definition) is 3. The highest BCUT2D eigenvalue weighted by Crippen LogP contribution is 2.25. The maximum Gasteiger partial charge on any atom is 0.164 e. The molecule has 23 heavy (non-hydrogen) atoms. The molecule has 2 aromatic heterocycles. The maximum atomic E-state index is 13.7. The van der Waals surface area contributed by atoms with Crippen molar-refractivity contribution in [2.75, 3.05) is 20.1 Å². The highest BCUT2D eigenvalue weighted by molar-refractivity contribution is 5.73. The van der Waals surface area contributed by atoms with Gasteiger partial charge in [-0.2, -0.15) is 0 Å². The lowest BCUT2D eigenvalue weighted by Gasteiger charge is -2.12. The highest BCUT2D eigenvalue weighted by atomic mass is 19.1. The molecule has 0 N–H and O–H groups in total. The summed E-state index contributed by atoms with van der Waals surface area (Å²) in [6.45, 7) is 2.21. The molecule has 0 bridgehead atoms. The van der Waals surface area contributed by atoms with Crippen molar-refractivity contribution in [3.63, 3.8) is 0 Å². The van der Waals surface area contributed by atoms with Crippen LogP contribution in [0.4, 0.5) is 4.39 Å². The van der Waals surface area contributed by atoms with Crippen LogP contribution in [0, 0.1) is 11.7 Å². The number of fused-ring (bicyclic) bond motifs is 1. The minimum absolute atomic E-state index is 0.244. The van der Waals surface area contributed by atoms with Gasteiger partial charge in [-0.25, -0.2) is 14.4 Å². The molecule has 1 fully saturated rings. The van der Waals surface area contributed by atoms with Gasteiger partial charge in [-0.3, -0.25) is 4.57 Å². The number of rotatable bonds is 3. The Morgan fingerprint density at radius 1 is 1.26 bits per heavy atom. The van der Waals surface area contributed by atoms with Crippen LogP contribution in [0.25, 0.3) is 16.9 Å². The van der Waals surface area contributed by atoms with E-state index in [2.05, 4.69) is 16.9 Å². The number of halogens is 1.